The van der Waals surface area contributed by atoms with E-state index in [4.69, 9.17) is 5.11 Å². The monoisotopic (exact) mass is 281 g/mol. The molecule has 0 aromatic heterocycles. The molecule has 5 nitrogen and oxygen atoms in total. The minimum atomic E-state index is -1.57. The third-order valence-electron chi connectivity index (χ3n) is 3.12. The molecule has 1 aliphatic rings. The van der Waals surface area contributed by atoms with Gasteiger partial charge in [-0.1, -0.05) is 0 Å². The molecule has 7 heteroatoms. The summed E-state index contributed by atoms with van der Waals surface area (Å²) >= 11 is 0. The third-order valence-corrected chi connectivity index (χ3v) is 3.12. The van der Waals surface area contributed by atoms with Gasteiger partial charge in [0.05, 0.1) is 11.3 Å². The Labute approximate surface area is 112 Å². The van der Waals surface area contributed by atoms with Crippen molar-refractivity contribution in [3.05, 3.63) is 40.5 Å². The maximum atomic E-state index is 13.3. The molecule has 2 rings (SSSR count). The van der Waals surface area contributed by atoms with Crippen molar-refractivity contribution >= 4 is 23.5 Å². The second-order valence-electron chi connectivity index (χ2n) is 4.28. The Morgan fingerprint density at radius 1 is 1.05 bits per heavy atom. The minimum Gasteiger partial charge on any atom is -0.478 e. The van der Waals surface area contributed by atoms with Gasteiger partial charge in [0.15, 0.2) is 11.6 Å². The molecule has 2 amide bonds. The third kappa shape index (κ3) is 1.87. The first-order valence-corrected chi connectivity index (χ1v) is 5.54. The molecule has 0 fully saturated rings. The molecule has 0 radical (unpaired) electrons. The van der Waals surface area contributed by atoms with Crippen molar-refractivity contribution in [1.29, 1.82) is 0 Å². The van der Waals surface area contributed by atoms with Gasteiger partial charge < -0.3 is 5.11 Å². The Morgan fingerprint density at radius 2 is 1.50 bits per heavy atom. The first-order valence-electron chi connectivity index (χ1n) is 5.54. The zero-order chi connectivity index (χ0) is 15.2. The lowest BCUT2D eigenvalue weighted by Gasteiger charge is -2.17. The van der Waals surface area contributed by atoms with Crippen molar-refractivity contribution in [3.8, 4) is 0 Å². The normalized spacial score (nSPS) is 15.3. The van der Waals surface area contributed by atoms with Gasteiger partial charge in [-0.3, -0.25) is 9.59 Å². The summed E-state index contributed by atoms with van der Waals surface area (Å²) in [6.07, 6.45) is 0. The Morgan fingerprint density at radius 3 is 1.95 bits per heavy atom. The molecule has 0 saturated heterocycles. The van der Waals surface area contributed by atoms with Crippen LogP contribution in [0.4, 0.5) is 14.5 Å². The number of benzene rings is 1. The molecular formula is C13H9F2NO4. The second-order valence-corrected chi connectivity index (χ2v) is 4.28. The van der Waals surface area contributed by atoms with Crippen LogP contribution in [0, 0.1) is 11.6 Å². The molecule has 1 aromatic rings. The average Bonchev–Trinajstić information content (AvgIpc) is 2.57. The number of halogens is 2. The van der Waals surface area contributed by atoms with E-state index in [9.17, 15) is 23.2 Å². The smallest absolute Gasteiger partial charge is 0.337 e. The zero-order valence-corrected chi connectivity index (χ0v) is 10.5. The number of carbonyl (C=O) groups is 3. The number of aromatic carboxylic acids is 1. The van der Waals surface area contributed by atoms with Gasteiger partial charge in [0.2, 0.25) is 0 Å². The molecule has 1 heterocycles. The van der Waals surface area contributed by atoms with Crippen LogP contribution < -0.4 is 4.90 Å². The van der Waals surface area contributed by atoms with Gasteiger partial charge in [-0.2, -0.15) is 0 Å². The van der Waals surface area contributed by atoms with E-state index in [2.05, 4.69) is 0 Å². The van der Waals surface area contributed by atoms with E-state index in [1.807, 2.05) is 0 Å². The van der Waals surface area contributed by atoms with E-state index in [0.29, 0.717) is 17.0 Å². The number of imide groups is 1. The highest BCUT2D eigenvalue weighted by atomic mass is 19.2. The Kier molecular flexibility index (Phi) is 3.13. The lowest BCUT2D eigenvalue weighted by Crippen LogP contribution is -2.33. The van der Waals surface area contributed by atoms with Gasteiger partial charge in [0.1, 0.15) is 0 Å². The van der Waals surface area contributed by atoms with Crippen LogP contribution >= 0.6 is 0 Å². The van der Waals surface area contributed by atoms with Gasteiger partial charge in [-0.15, -0.1) is 0 Å². The maximum Gasteiger partial charge on any atom is 0.337 e. The van der Waals surface area contributed by atoms with Crippen molar-refractivity contribution < 1.29 is 28.3 Å². The molecule has 104 valence electrons. The molecule has 1 aliphatic heterocycles. The van der Waals surface area contributed by atoms with Gasteiger partial charge in [0.25, 0.3) is 11.8 Å². The van der Waals surface area contributed by atoms with E-state index < -0.39 is 40.7 Å². The van der Waals surface area contributed by atoms with Crippen LogP contribution in [0.15, 0.2) is 23.3 Å². The standard InChI is InChI=1S/C13H9F2NO4/c1-5-6(2)12(18)16(11(5)17)10-4-9(15)8(14)3-7(10)13(19)20/h3-4H,1-2H3,(H,19,20). The predicted molar refractivity (Wildman–Crippen MR) is 64.2 cm³/mol. The molecule has 0 aliphatic carbocycles. The average molecular weight is 281 g/mol. The number of rotatable bonds is 2. The highest BCUT2D eigenvalue weighted by Gasteiger charge is 2.37. The fraction of sp³-hybridized carbons (Fsp3) is 0.154. The largest absolute Gasteiger partial charge is 0.478 e. The first kappa shape index (κ1) is 13.9. The number of hydrogen-bond acceptors (Lipinski definition) is 3. The Bertz CT molecular complexity index is 670. The molecule has 20 heavy (non-hydrogen) atoms. The zero-order valence-electron chi connectivity index (χ0n) is 10.5. The molecule has 0 saturated carbocycles. The van der Waals surface area contributed by atoms with E-state index in [1.54, 1.807) is 0 Å². The maximum absolute atomic E-state index is 13.3. The number of hydrogen-bond donors (Lipinski definition) is 1. The predicted octanol–water partition coefficient (Wildman–Crippen LogP) is 1.87. The number of nitrogens with zero attached hydrogens (tertiary/aromatic N) is 1. The quantitative estimate of drug-likeness (QED) is 0.840. The summed E-state index contributed by atoms with van der Waals surface area (Å²) in [6.45, 7) is 2.80. The molecule has 0 bridgehead atoms. The molecule has 0 spiro atoms. The first-order chi connectivity index (χ1) is 9.25. The van der Waals surface area contributed by atoms with Crippen LogP contribution in [0.5, 0.6) is 0 Å². The van der Waals surface area contributed by atoms with Gasteiger partial charge >= 0.3 is 5.97 Å². The van der Waals surface area contributed by atoms with Crippen molar-refractivity contribution in [2.75, 3.05) is 4.90 Å². The summed E-state index contributed by atoms with van der Waals surface area (Å²) in [5.41, 5.74) is -0.872. The lowest BCUT2D eigenvalue weighted by atomic mass is 10.1. The van der Waals surface area contributed by atoms with Crippen LogP contribution in [-0.2, 0) is 9.59 Å². The fourth-order valence-corrected chi connectivity index (χ4v) is 1.86. The topological polar surface area (TPSA) is 74.7 Å². The summed E-state index contributed by atoms with van der Waals surface area (Å²) in [7, 11) is 0. The van der Waals surface area contributed by atoms with Gasteiger partial charge in [-0.25, -0.2) is 18.5 Å². The van der Waals surface area contributed by atoms with Gasteiger partial charge in [-0.05, 0) is 19.9 Å². The molecule has 1 N–H and O–H groups in total. The number of amides is 2. The van der Waals surface area contributed by atoms with Crippen LogP contribution in [0.25, 0.3) is 0 Å². The van der Waals surface area contributed by atoms with Crippen LogP contribution in [0.3, 0.4) is 0 Å². The van der Waals surface area contributed by atoms with Crippen molar-refractivity contribution in [3.63, 3.8) is 0 Å². The number of carboxylic acids is 1. The van der Waals surface area contributed by atoms with E-state index in [0.717, 1.165) is 0 Å². The highest BCUT2D eigenvalue weighted by molar-refractivity contribution is 6.33. The molecular weight excluding hydrogens is 272 g/mol. The van der Waals surface area contributed by atoms with Crippen molar-refractivity contribution in [2.24, 2.45) is 0 Å². The fourth-order valence-electron chi connectivity index (χ4n) is 1.86. The van der Waals surface area contributed by atoms with Crippen LogP contribution in [0.1, 0.15) is 24.2 Å². The summed E-state index contributed by atoms with van der Waals surface area (Å²) < 4.78 is 26.4. The SMILES string of the molecule is CC1=C(C)C(=O)N(c2cc(F)c(F)cc2C(=O)O)C1=O. The molecule has 1 aromatic carbocycles. The van der Waals surface area contributed by atoms with E-state index in [-0.39, 0.29) is 11.1 Å². The summed E-state index contributed by atoms with van der Waals surface area (Å²) in [5.74, 6) is -5.77. The summed E-state index contributed by atoms with van der Waals surface area (Å²) in [4.78, 5) is 35.5. The summed E-state index contributed by atoms with van der Waals surface area (Å²) in [5, 5.41) is 8.99. The summed E-state index contributed by atoms with van der Waals surface area (Å²) in [6, 6.07) is 0.969. The van der Waals surface area contributed by atoms with E-state index in [1.165, 1.54) is 13.8 Å². The molecule has 0 unspecified atom stereocenters. The van der Waals surface area contributed by atoms with Crippen molar-refractivity contribution in [1.82, 2.24) is 0 Å². The van der Waals surface area contributed by atoms with Gasteiger partial charge in [0, 0.05) is 17.2 Å². The Balaban J connectivity index is 2.66. The highest BCUT2D eigenvalue weighted by Crippen LogP contribution is 2.31. The van der Waals surface area contributed by atoms with Crippen LogP contribution in [0.2, 0.25) is 0 Å². The lowest BCUT2D eigenvalue weighted by molar-refractivity contribution is -0.120. The van der Waals surface area contributed by atoms with Crippen LogP contribution in [-0.4, -0.2) is 22.9 Å². The number of carbonyl (C=O) groups excluding carboxylic acids is 2. The Hall–Kier alpha value is -2.57. The second kappa shape index (κ2) is 4.52. The van der Waals surface area contributed by atoms with Crippen molar-refractivity contribution in [2.45, 2.75) is 13.8 Å². The minimum absolute atomic E-state index is 0.135. The number of carboxylic acid groups (broad SMARTS) is 1. The van der Waals surface area contributed by atoms with E-state index >= 15 is 0 Å². The molecule has 0 atom stereocenters. The number of anilines is 1.